The molecular weight excluding hydrogens is 130 g/mol. The van der Waals surface area contributed by atoms with Crippen molar-refractivity contribution in [3.63, 3.8) is 0 Å². The first-order valence-electron chi connectivity index (χ1n) is 1.66. The van der Waals surface area contributed by atoms with Crippen LogP contribution in [0.3, 0.4) is 0 Å². The Balaban J connectivity index is 0. The molecule has 0 rings (SSSR count). The molecule has 0 radical (unpaired) electrons. The minimum atomic E-state index is -3.96. The summed E-state index contributed by atoms with van der Waals surface area (Å²) in [4.78, 5) is 0. The van der Waals surface area contributed by atoms with Crippen LogP contribution in [0.4, 0.5) is 0 Å². The van der Waals surface area contributed by atoms with E-state index in [-0.39, 0.29) is 7.43 Å². The molecule has 0 aromatic carbocycles. The third kappa shape index (κ3) is 4.04. The predicted octanol–water partition coefficient (Wildman–Crippen LogP) is -0.185. The van der Waals surface area contributed by atoms with Crippen LogP contribution in [-0.4, -0.2) is 18.3 Å². The van der Waals surface area contributed by atoms with Crippen LogP contribution in [0.5, 0.6) is 0 Å². The molecule has 3 N–H and O–H groups in total. The Bertz CT molecular complexity index is 137. The van der Waals surface area contributed by atoms with Crippen LogP contribution in [0.25, 0.3) is 0 Å². The van der Waals surface area contributed by atoms with Gasteiger partial charge in [-0.25, -0.2) is 0 Å². The summed E-state index contributed by atoms with van der Waals surface area (Å²) in [5, 5.41) is -1.17. The van der Waals surface area contributed by atoms with Gasteiger partial charge in [0.25, 0.3) is 10.1 Å². The Morgan fingerprint density at radius 2 is 1.75 bits per heavy atom. The van der Waals surface area contributed by atoms with Crippen molar-refractivity contribution in [2.75, 3.05) is 0 Å². The summed E-state index contributed by atoms with van der Waals surface area (Å²) >= 11 is 0. The molecule has 52 valence electrons. The van der Waals surface area contributed by atoms with Crippen molar-refractivity contribution < 1.29 is 13.0 Å². The van der Waals surface area contributed by atoms with Gasteiger partial charge in [-0.2, -0.15) is 8.42 Å². The van der Waals surface area contributed by atoms with Crippen molar-refractivity contribution in [1.82, 2.24) is 0 Å². The summed E-state index contributed by atoms with van der Waals surface area (Å²) in [7, 11) is -3.96. The maximum absolute atomic E-state index is 9.76. The first-order valence-corrected chi connectivity index (χ1v) is 3.17. The highest BCUT2D eigenvalue weighted by Crippen LogP contribution is 1.84. The minimum Gasteiger partial charge on any atom is -0.313 e. The molecular formula is C3H11NO3S. The van der Waals surface area contributed by atoms with Crippen LogP contribution >= 0.6 is 0 Å². The zero-order valence-corrected chi connectivity index (χ0v) is 4.64. The molecule has 1 atom stereocenters. The Hall–Kier alpha value is -0.130. The highest BCUT2D eigenvalue weighted by atomic mass is 32.2. The first-order chi connectivity index (χ1) is 2.94. The second-order valence-corrected chi connectivity index (χ2v) is 2.99. The van der Waals surface area contributed by atoms with Crippen LogP contribution in [0.1, 0.15) is 14.4 Å². The molecule has 0 spiro atoms. The van der Waals surface area contributed by atoms with Gasteiger partial charge in [-0.3, -0.25) is 4.55 Å². The topological polar surface area (TPSA) is 80.4 Å². The lowest BCUT2D eigenvalue weighted by Crippen LogP contribution is -2.25. The van der Waals surface area contributed by atoms with E-state index in [4.69, 9.17) is 10.3 Å². The summed E-state index contributed by atoms with van der Waals surface area (Å²) in [6.07, 6.45) is 0. The monoisotopic (exact) mass is 141 g/mol. The second kappa shape index (κ2) is 3.01. The molecule has 1 unspecified atom stereocenters. The van der Waals surface area contributed by atoms with Gasteiger partial charge in [0, 0.05) is 0 Å². The standard InChI is InChI=1S/C2H7NO3S.CH4/c1-2(3)7(4,5)6;/h2H,3H2,1H3,(H,4,5,6);1H4. The van der Waals surface area contributed by atoms with Crippen LogP contribution in [-0.2, 0) is 10.1 Å². The first kappa shape index (κ1) is 10.8. The van der Waals surface area contributed by atoms with E-state index < -0.39 is 15.5 Å². The Morgan fingerprint density at radius 1 is 1.62 bits per heavy atom. The average molecular weight is 141 g/mol. The second-order valence-electron chi connectivity index (χ2n) is 1.22. The Morgan fingerprint density at radius 3 is 1.75 bits per heavy atom. The molecule has 5 heteroatoms. The number of hydrogen-bond donors (Lipinski definition) is 2. The zero-order valence-electron chi connectivity index (χ0n) is 3.83. The summed E-state index contributed by atoms with van der Waals surface area (Å²) in [6, 6.07) is 0. The van der Waals surface area contributed by atoms with E-state index in [2.05, 4.69) is 0 Å². The van der Waals surface area contributed by atoms with Gasteiger partial charge in [0.2, 0.25) is 0 Å². The molecule has 0 aliphatic rings. The van der Waals surface area contributed by atoms with Gasteiger partial charge in [-0.05, 0) is 6.92 Å². The molecule has 0 aliphatic carbocycles. The molecule has 0 heterocycles. The molecule has 0 amide bonds. The van der Waals surface area contributed by atoms with Gasteiger partial charge in [-0.15, -0.1) is 0 Å². The number of hydrogen-bond acceptors (Lipinski definition) is 3. The predicted molar refractivity (Wildman–Crippen MR) is 31.9 cm³/mol. The van der Waals surface area contributed by atoms with Crippen LogP contribution in [0.15, 0.2) is 0 Å². The van der Waals surface area contributed by atoms with E-state index in [0.717, 1.165) is 0 Å². The summed E-state index contributed by atoms with van der Waals surface area (Å²) in [5.41, 5.74) is 4.73. The lowest BCUT2D eigenvalue weighted by molar-refractivity contribution is 0.471. The van der Waals surface area contributed by atoms with E-state index in [1.165, 1.54) is 6.92 Å². The third-order valence-corrected chi connectivity index (χ3v) is 1.41. The Labute approximate surface area is 49.4 Å². The molecule has 8 heavy (non-hydrogen) atoms. The van der Waals surface area contributed by atoms with Crippen molar-refractivity contribution in [1.29, 1.82) is 0 Å². The molecule has 0 bridgehead atoms. The van der Waals surface area contributed by atoms with Gasteiger partial charge < -0.3 is 5.73 Å². The normalized spacial score (nSPS) is 14.4. The van der Waals surface area contributed by atoms with E-state index in [1.54, 1.807) is 0 Å². The van der Waals surface area contributed by atoms with Gasteiger partial charge >= 0.3 is 0 Å². The number of nitrogens with two attached hydrogens (primary N) is 1. The van der Waals surface area contributed by atoms with Crippen molar-refractivity contribution in [2.45, 2.75) is 19.7 Å². The smallest absolute Gasteiger partial charge is 0.280 e. The molecule has 4 nitrogen and oxygen atoms in total. The lowest BCUT2D eigenvalue weighted by Gasteiger charge is -1.95. The summed E-state index contributed by atoms with van der Waals surface area (Å²) in [6.45, 7) is 1.19. The summed E-state index contributed by atoms with van der Waals surface area (Å²) < 4.78 is 27.5. The fourth-order valence-corrected chi connectivity index (χ4v) is 0. The Kier molecular flexibility index (Phi) is 4.05. The van der Waals surface area contributed by atoms with Crippen LogP contribution in [0.2, 0.25) is 0 Å². The average Bonchev–Trinajstić information content (AvgIpc) is 1.31. The fraction of sp³-hybridized carbons (Fsp3) is 1.00. The largest absolute Gasteiger partial charge is 0.313 e. The number of rotatable bonds is 1. The van der Waals surface area contributed by atoms with Gasteiger partial charge in [0.05, 0.1) is 0 Å². The molecule has 0 aromatic heterocycles. The van der Waals surface area contributed by atoms with Gasteiger partial charge in [0.15, 0.2) is 0 Å². The SMILES string of the molecule is C.CC(N)S(=O)(=O)O. The maximum atomic E-state index is 9.76. The highest BCUT2D eigenvalue weighted by molar-refractivity contribution is 7.86. The van der Waals surface area contributed by atoms with Crippen LogP contribution < -0.4 is 5.73 Å². The van der Waals surface area contributed by atoms with Gasteiger partial charge in [-0.1, -0.05) is 7.43 Å². The van der Waals surface area contributed by atoms with Crippen LogP contribution in [0, 0.1) is 0 Å². The zero-order chi connectivity index (χ0) is 6.08. The third-order valence-electron chi connectivity index (χ3n) is 0.470. The fourth-order valence-electron chi connectivity index (χ4n) is 0. The van der Waals surface area contributed by atoms with E-state index in [9.17, 15) is 8.42 Å². The molecule has 0 saturated heterocycles. The quantitative estimate of drug-likeness (QED) is 0.496. The minimum absolute atomic E-state index is 0. The van der Waals surface area contributed by atoms with Crippen molar-refractivity contribution in [3.05, 3.63) is 0 Å². The molecule has 0 saturated carbocycles. The van der Waals surface area contributed by atoms with E-state index in [1.807, 2.05) is 0 Å². The maximum Gasteiger partial charge on any atom is 0.280 e. The van der Waals surface area contributed by atoms with E-state index >= 15 is 0 Å². The van der Waals surface area contributed by atoms with E-state index in [0.29, 0.717) is 0 Å². The molecule has 0 fully saturated rings. The van der Waals surface area contributed by atoms with Gasteiger partial charge in [0.1, 0.15) is 5.37 Å². The highest BCUT2D eigenvalue weighted by Gasteiger charge is 2.09. The summed E-state index contributed by atoms with van der Waals surface area (Å²) in [5.74, 6) is 0. The molecule has 0 aliphatic heterocycles. The van der Waals surface area contributed by atoms with Crippen molar-refractivity contribution in [3.8, 4) is 0 Å². The lowest BCUT2D eigenvalue weighted by atomic mass is 10.8. The van der Waals surface area contributed by atoms with Crippen molar-refractivity contribution >= 4 is 10.1 Å². The molecule has 0 aromatic rings. The van der Waals surface area contributed by atoms with Crippen molar-refractivity contribution in [2.24, 2.45) is 5.73 Å².